The van der Waals surface area contributed by atoms with E-state index >= 15 is 0 Å². The topological polar surface area (TPSA) is 57.0 Å². The number of aromatic nitrogens is 3. The zero-order valence-corrected chi connectivity index (χ0v) is 18.6. The highest BCUT2D eigenvalue weighted by molar-refractivity contribution is 7.98. The van der Waals surface area contributed by atoms with Crippen LogP contribution in [0.5, 0.6) is 5.75 Å². The van der Waals surface area contributed by atoms with Crippen molar-refractivity contribution < 1.29 is 4.74 Å². The summed E-state index contributed by atoms with van der Waals surface area (Å²) in [5.74, 6) is 1.38. The van der Waals surface area contributed by atoms with Crippen LogP contribution in [0.4, 0.5) is 0 Å². The molecule has 5 nitrogen and oxygen atoms in total. The predicted molar refractivity (Wildman–Crippen MR) is 125 cm³/mol. The van der Waals surface area contributed by atoms with Crippen LogP contribution >= 0.6 is 34.7 Å². The van der Waals surface area contributed by atoms with Crippen molar-refractivity contribution in [2.45, 2.75) is 17.5 Å². The van der Waals surface area contributed by atoms with Crippen molar-refractivity contribution in [3.8, 4) is 16.3 Å². The largest absolute Gasteiger partial charge is 0.496 e. The van der Waals surface area contributed by atoms with Gasteiger partial charge in [-0.25, -0.2) is 9.97 Å². The summed E-state index contributed by atoms with van der Waals surface area (Å²) < 4.78 is 7.06. The highest BCUT2D eigenvalue weighted by Gasteiger charge is 2.14. The number of benzene rings is 2. The summed E-state index contributed by atoms with van der Waals surface area (Å²) in [5, 5.41) is 4.61. The SMILES string of the molecule is C=CCn1c(SCc2csc(-c3ccccc3OC)n2)nc2cc(Cl)ccc2c1=O. The number of rotatable bonds is 7. The van der Waals surface area contributed by atoms with E-state index in [9.17, 15) is 4.79 Å². The summed E-state index contributed by atoms with van der Waals surface area (Å²) in [6.45, 7) is 4.15. The van der Waals surface area contributed by atoms with Gasteiger partial charge in [-0.2, -0.15) is 0 Å². The highest BCUT2D eigenvalue weighted by Crippen LogP contribution is 2.33. The van der Waals surface area contributed by atoms with Gasteiger partial charge in [-0.1, -0.05) is 41.6 Å². The second-order valence-corrected chi connectivity index (χ2v) is 8.63. The van der Waals surface area contributed by atoms with Gasteiger partial charge in [0.1, 0.15) is 10.8 Å². The minimum absolute atomic E-state index is 0.105. The molecule has 0 spiro atoms. The average Bonchev–Trinajstić information content (AvgIpc) is 3.23. The van der Waals surface area contributed by atoms with Gasteiger partial charge in [-0.05, 0) is 30.3 Å². The number of fused-ring (bicyclic) bond motifs is 1. The molecule has 0 saturated carbocycles. The Kier molecular flexibility index (Phi) is 6.22. The number of nitrogens with zero attached hydrogens (tertiary/aromatic N) is 3. The molecule has 0 aliphatic rings. The number of methoxy groups -OCH3 is 1. The van der Waals surface area contributed by atoms with Gasteiger partial charge >= 0.3 is 0 Å². The normalized spacial score (nSPS) is 11.0. The van der Waals surface area contributed by atoms with Gasteiger partial charge in [-0.15, -0.1) is 17.9 Å². The molecule has 0 aliphatic carbocycles. The van der Waals surface area contributed by atoms with E-state index < -0.39 is 0 Å². The third-order valence-corrected chi connectivity index (χ3v) is 6.60. The summed E-state index contributed by atoms with van der Waals surface area (Å²) in [6, 6.07) is 12.9. The molecule has 0 N–H and O–H groups in total. The standard InChI is InChI=1S/C22H18ClN3O2S2/c1-3-10-26-21(27)16-9-8-14(23)11-18(16)25-22(26)30-13-15-12-29-20(24-15)17-6-4-5-7-19(17)28-2/h3-9,11-12H,1,10,13H2,2H3. The van der Waals surface area contributed by atoms with Gasteiger partial charge in [-0.3, -0.25) is 9.36 Å². The smallest absolute Gasteiger partial charge is 0.262 e. The quantitative estimate of drug-likeness (QED) is 0.204. The van der Waals surface area contributed by atoms with Crippen LogP contribution in [-0.2, 0) is 12.3 Å². The third-order valence-electron chi connectivity index (χ3n) is 4.43. The Bertz CT molecular complexity index is 1280. The summed E-state index contributed by atoms with van der Waals surface area (Å²) in [7, 11) is 1.65. The van der Waals surface area contributed by atoms with Crippen molar-refractivity contribution in [2.75, 3.05) is 7.11 Å². The molecule has 0 saturated heterocycles. The molecule has 0 radical (unpaired) electrons. The number of hydrogen-bond donors (Lipinski definition) is 0. The summed E-state index contributed by atoms with van der Waals surface area (Å²) in [4.78, 5) is 22.3. The summed E-state index contributed by atoms with van der Waals surface area (Å²) >= 11 is 9.12. The van der Waals surface area contributed by atoms with E-state index in [1.165, 1.54) is 11.8 Å². The van der Waals surface area contributed by atoms with E-state index in [0.717, 1.165) is 22.0 Å². The molecule has 2 heterocycles. The molecule has 4 aromatic rings. The van der Waals surface area contributed by atoms with Crippen LogP contribution in [0.15, 0.2) is 70.5 Å². The van der Waals surface area contributed by atoms with Crippen molar-refractivity contribution in [1.82, 2.24) is 14.5 Å². The Labute approximate surface area is 187 Å². The lowest BCUT2D eigenvalue weighted by atomic mass is 10.2. The first-order valence-corrected chi connectivity index (χ1v) is 11.4. The lowest BCUT2D eigenvalue weighted by molar-refractivity contribution is 0.416. The van der Waals surface area contributed by atoms with Gasteiger partial charge < -0.3 is 4.74 Å². The minimum Gasteiger partial charge on any atom is -0.496 e. The molecule has 2 aromatic heterocycles. The molecule has 0 amide bonds. The Balaban J connectivity index is 1.64. The number of ether oxygens (including phenoxy) is 1. The van der Waals surface area contributed by atoms with Crippen LogP contribution in [0.3, 0.4) is 0 Å². The van der Waals surface area contributed by atoms with Crippen molar-refractivity contribution in [3.63, 3.8) is 0 Å². The third kappa shape index (κ3) is 4.14. The molecule has 2 aromatic carbocycles. The zero-order chi connectivity index (χ0) is 21.1. The molecule has 0 atom stereocenters. The van der Waals surface area contributed by atoms with Gasteiger partial charge in [0.05, 0.1) is 29.3 Å². The number of allylic oxidation sites excluding steroid dienone is 1. The fourth-order valence-corrected chi connectivity index (χ4v) is 5.05. The second kappa shape index (κ2) is 9.04. The number of para-hydroxylation sites is 1. The molecular weight excluding hydrogens is 438 g/mol. The van der Waals surface area contributed by atoms with Crippen LogP contribution < -0.4 is 10.3 Å². The fourth-order valence-electron chi connectivity index (χ4n) is 3.03. The van der Waals surface area contributed by atoms with Crippen LogP contribution in [0, 0.1) is 0 Å². The molecule has 30 heavy (non-hydrogen) atoms. The highest BCUT2D eigenvalue weighted by atomic mass is 35.5. The monoisotopic (exact) mass is 455 g/mol. The number of halogens is 1. The van der Waals surface area contributed by atoms with E-state index in [-0.39, 0.29) is 5.56 Å². The number of thiazole rings is 1. The van der Waals surface area contributed by atoms with Crippen molar-refractivity contribution in [3.05, 3.63) is 81.6 Å². The van der Waals surface area contributed by atoms with Crippen LogP contribution in [0.2, 0.25) is 5.02 Å². The maximum Gasteiger partial charge on any atom is 0.262 e. The van der Waals surface area contributed by atoms with Crippen LogP contribution in [0.1, 0.15) is 5.69 Å². The maximum atomic E-state index is 12.9. The molecule has 0 fully saturated rings. The molecule has 0 unspecified atom stereocenters. The first kappa shape index (κ1) is 20.7. The first-order valence-electron chi connectivity index (χ1n) is 9.12. The molecule has 8 heteroatoms. The Morgan fingerprint density at radius 3 is 2.90 bits per heavy atom. The Hall–Kier alpha value is -2.61. The summed E-state index contributed by atoms with van der Waals surface area (Å²) in [6.07, 6.45) is 1.69. The Morgan fingerprint density at radius 2 is 2.10 bits per heavy atom. The van der Waals surface area contributed by atoms with E-state index in [4.69, 9.17) is 21.3 Å². The lowest BCUT2D eigenvalue weighted by Gasteiger charge is -2.11. The maximum absolute atomic E-state index is 12.9. The number of hydrogen-bond acceptors (Lipinski definition) is 6. The summed E-state index contributed by atoms with van der Waals surface area (Å²) in [5.41, 5.74) is 2.36. The van der Waals surface area contributed by atoms with E-state index in [2.05, 4.69) is 11.6 Å². The van der Waals surface area contributed by atoms with Gasteiger partial charge in [0, 0.05) is 22.7 Å². The van der Waals surface area contributed by atoms with Crippen LogP contribution in [0.25, 0.3) is 21.5 Å². The van der Waals surface area contributed by atoms with Gasteiger partial charge in [0.2, 0.25) is 0 Å². The van der Waals surface area contributed by atoms with E-state index in [0.29, 0.717) is 33.4 Å². The fraction of sp³-hybridized carbons (Fsp3) is 0.136. The first-order chi connectivity index (χ1) is 14.6. The minimum atomic E-state index is -0.105. The van der Waals surface area contributed by atoms with Crippen LogP contribution in [-0.4, -0.2) is 21.6 Å². The average molecular weight is 456 g/mol. The zero-order valence-electron chi connectivity index (χ0n) is 16.2. The van der Waals surface area contributed by atoms with Crippen molar-refractivity contribution >= 4 is 45.6 Å². The molecule has 0 aliphatic heterocycles. The van der Waals surface area contributed by atoms with Gasteiger partial charge in [0.25, 0.3) is 5.56 Å². The molecule has 4 rings (SSSR count). The van der Waals surface area contributed by atoms with E-state index in [1.54, 1.807) is 47.3 Å². The van der Waals surface area contributed by atoms with Crippen molar-refractivity contribution in [2.24, 2.45) is 0 Å². The lowest BCUT2D eigenvalue weighted by Crippen LogP contribution is -2.22. The number of thioether (sulfide) groups is 1. The second-order valence-electron chi connectivity index (χ2n) is 6.39. The Morgan fingerprint density at radius 1 is 1.27 bits per heavy atom. The van der Waals surface area contributed by atoms with Gasteiger partial charge in [0.15, 0.2) is 5.16 Å². The van der Waals surface area contributed by atoms with Crippen molar-refractivity contribution in [1.29, 1.82) is 0 Å². The predicted octanol–water partition coefficient (Wildman–Crippen LogP) is 5.66. The molecule has 0 bridgehead atoms. The molecular formula is C22H18ClN3O2S2. The van der Waals surface area contributed by atoms with E-state index in [1.807, 2.05) is 29.6 Å². The molecule has 152 valence electrons.